The lowest BCUT2D eigenvalue weighted by molar-refractivity contribution is 0.417. The fourth-order valence-electron chi connectivity index (χ4n) is 1.66. The van der Waals surface area contributed by atoms with Crippen molar-refractivity contribution in [3.8, 4) is 0 Å². The van der Waals surface area contributed by atoms with E-state index in [1.54, 1.807) is 12.1 Å². The first kappa shape index (κ1) is 9.90. The molecule has 1 saturated heterocycles. The molecule has 1 aliphatic rings. The molecule has 0 saturated carbocycles. The molecule has 0 aliphatic carbocycles. The van der Waals surface area contributed by atoms with Gasteiger partial charge in [0.25, 0.3) is 0 Å². The van der Waals surface area contributed by atoms with E-state index in [1.807, 2.05) is 0 Å². The molecule has 1 fully saturated rings. The van der Waals surface area contributed by atoms with Crippen LogP contribution in [0.25, 0.3) is 0 Å². The topological polar surface area (TPSA) is 24.1 Å². The molecule has 1 aromatic rings. The van der Waals surface area contributed by atoms with E-state index in [9.17, 15) is 4.39 Å². The highest BCUT2D eigenvalue weighted by molar-refractivity contribution is 6.30. The summed E-state index contributed by atoms with van der Waals surface area (Å²) in [5.41, 5.74) is 0.682. The lowest BCUT2D eigenvalue weighted by atomic mass is 10.1. The molecule has 2 N–H and O–H groups in total. The Morgan fingerprint density at radius 1 is 1.36 bits per heavy atom. The molecule has 0 spiro atoms. The summed E-state index contributed by atoms with van der Waals surface area (Å²) >= 11 is 5.68. The lowest BCUT2D eigenvalue weighted by Gasteiger charge is -2.25. The number of hydrogen-bond donors (Lipinski definition) is 2. The Bertz CT molecular complexity index is 324. The second kappa shape index (κ2) is 4.26. The van der Waals surface area contributed by atoms with Crippen LogP contribution < -0.4 is 10.6 Å². The lowest BCUT2D eigenvalue weighted by Crippen LogP contribution is -2.42. The first-order valence-electron chi connectivity index (χ1n) is 4.66. The highest BCUT2D eigenvalue weighted by atomic mass is 35.5. The third kappa shape index (κ3) is 2.05. The van der Waals surface area contributed by atoms with Crippen molar-refractivity contribution >= 4 is 11.6 Å². The normalized spacial score (nSPS) is 22.3. The van der Waals surface area contributed by atoms with Crippen LogP contribution in [0, 0.1) is 5.82 Å². The Morgan fingerprint density at radius 2 is 2.21 bits per heavy atom. The smallest absolute Gasteiger partial charge is 0.129 e. The molecular formula is C10H12ClFN2. The van der Waals surface area contributed by atoms with Gasteiger partial charge in [-0.15, -0.1) is 0 Å². The molecule has 0 radical (unpaired) electrons. The molecule has 1 aliphatic heterocycles. The molecule has 4 heteroatoms. The minimum absolute atomic E-state index is 0.0565. The van der Waals surface area contributed by atoms with Crippen molar-refractivity contribution in [1.29, 1.82) is 0 Å². The molecule has 1 heterocycles. The Morgan fingerprint density at radius 3 is 2.86 bits per heavy atom. The zero-order valence-corrected chi connectivity index (χ0v) is 8.44. The Hall–Kier alpha value is -0.640. The summed E-state index contributed by atoms with van der Waals surface area (Å²) < 4.78 is 13.5. The fourth-order valence-corrected chi connectivity index (χ4v) is 1.82. The van der Waals surface area contributed by atoms with Crippen LogP contribution in [0.15, 0.2) is 18.2 Å². The summed E-state index contributed by atoms with van der Waals surface area (Å²) in [6.45, 7) is 2.57. The minimum Gasteiger partial charge on any atom is -0.314 e. The van der Waals surface area contributed by atoms with E-state index in [1.165, 1.54) is 6.07 Å². The summed E-state index contributed by atoms with van der Waals surface area (Å²) in [6, 6.07) is 4.87. The van der Waals surface area contributed by atoms with Crippen molar-refractivity contribution in [2.75, 3.05) is 19.6 Å². The van der Waals surface area contributed by atoms with E-state index < -0.39 is 0 Å². The maximum atomic E-state index is 13.5. The zero-order valence-electron chi connectivity index (χ0n) is 7.69. The summed E-state index contributed by atoms with van der Waals surface area (Å²) in [6.07, 6.45) is 0. The number of nitrogens with one attached hydrogen (secondary N) is 2. The predicted molar refractivity (Wildman–Crippen MR) is 55.0 cm³/mol. The average molecular weight is 215 g/mol. The van der Waals surface area contributed by atoms with Crippen molar-refractivity contribution in [2.24, 2.45) is 0 Å². The Kier molecular flexibility index (Phi) is 3.01. The van der Waals surface area contributed by atoms with E-state index in [2.05, 4.69) is 10.6 Å². The van der Waals surface area contributed by atoms with Crippen LogP contribution in [0.3, 0.4) is 0 Å². The highest BCUT2D eigenvalue weighted by Crippen LogP contribution is 2.21. The number of halogens is 2. The van der Waals surface area contributed by atoms with Gasteiger partial charge in [0.2, 0.25) is 0 Å². The Labute approximate surface area is 87.5 Å². The van der Waals surface area contributed by atoms with Crippen LogP contribution in [0.1, 0.15) is 11.6 Å². The van der Waals surface area contributed by atoms with Crippen molar-refractivity contribution in [1.82, 2.24) is 10.6 Å². The number of rotatable bonds is 1. The summed E-state index contributed by atoms with van der Waals surface area (Å²) in [7, 11) is 0. The third-order valence-electron chi connectivity index (χ3n) is 2.38. The fraction of sp³-hybridized carbons (Fsp3) is 0.400. The van der Waals surface area contributed by atoms with Gasteiger partial charge in [0.15, 0.2) is 0 Å². The van der Waals surface area contributed by atoms with E-state index in [4.69, 9.17) is 11.6 Å². The van der Waals surface area contributed by atoms with Gasteiger partial charge in [0.05, 0.1) is 0 Å². The number of piperazine rings is 1. The highest BCUT2D eigenvalue weighted by Gasteiger charge is 2.17. The molecule has 2 rings (SSSR count). The first-order valence-corrected chi connectivity index (χ1v) is 5.04. The molecule has 0 aromatic heterocycles. The SMILES string of the molecule is Fc1cc(Cl)ccc1[C@H]1CNCCN1. The van der Waals surface area contributed by atoms with Gasteiger partial charge in [-0.3, -0.25) is 0 Å². The van der Waals surface area contributed by atoms with Gasteiger partial charge in [-0.1, -0.05) is 17.7 Å². The molecule has 0 unspecified atom stereocenters. The van der Waals surface area contributed by atoms with E-state index in [0.717, 1.165) is 19.6 Å². The van der Waals surface area contributed by atoms with Crippen molar-refractivity contribution < 1.29 is 4.39 Å². The molecule has 2 nitrogen and oxygen atoms in total. The number of hydrogen-bond acceptors (Lipinski definition) is 2. The monoisotopic (exact) mass is 214 g/mol. The van der Waals surface area contributed by atoms with Crippen LogP contribution >= 0.6 is 11.6 Å². The molecule has 0 amide bonds. The van der Waals surface area contributed by atoms with Gasteiger partial charge in [-0.05, 0) is 12.1 Å². The van der Waals surface area contributed by atoms with Gasteiger partial charge >= 0.3 is 0 Å². The van der Waals surface area contributed by atoms with E-state index >= 15 is 0 Å². The summed E-state index contributed by atoms with van der Waals surface area (Å²) in [4.78, 5) is 0. The largest absolute Gasteiger partial charge is 0.314 e. The molecule has 76 valence electrons. The van der Waals surface area contributed by atoms with Crippen LogP contribution in [0.2, 0.25) is 5.02 Å². The Balaban J connectivity index is 2.22. The standard InChI is InChI=1S/C10H12ClFN2/c11-7-1-2-8(9(12)5-7)10-6-13-3-4-14-10/h1-2,5,10,13-14H,3-4,6H2/t10-/m1/s1. The second-order valence-corrected chi connectivity index (χ2v) is 3.81. The minimum atomic E-state index is -0.237. The van der Waals surface area contributed by atoms with Gasteiger partial charge < -0.3 is 10.6 Å². The maximum absolute atomic E-state index is 13.5. The molecular weight excluding hydrogens is 203 g/mol. The quantitative estimate of drug-likeness (QED) is 0.744. The predicted octanol–water partition coefficient (Wildman–Crippen LogP) is 1.71. The maximum Gasteiger partial charge on any atom is 0.129 e. The summed E-state index contributed by atoms with van der Waals surface area (Å²) in [5, 5.41) is 6.90. The van der Waals surface area contributed by atoms with Crippen LogP contribution in [-0.4, -0.2) is 19.6 Å². The molecule has 0 bridgehead atoms. The first-order chi connectivity index (χ1) is 6.77. The molecule has 1 atom stereocenters. The average Bonchev–Trinajstić information content (AvgIpc) is 2.19. The van der Waals surface area contributed by atoms with Crippen molar-refractivity contribution in [3.63, 3.8) is 0 Å². The molecule has 1 aromatic carbocycles. The number of benzene rings is 1. The van der Waals surface area contributed by atoms with Crippen LogP contribution in [-0.2, 0) is 0 Å². The van der Waals surface area contributed by atoms with Crippen LogP contribution in [0.4, 0.5) is 4.39 Å². The van der Waals surface area contributed by atoms with Gasteiger partial charge in [-0.25, -0.2) is 4.39 Å². The van der Waals surface area contributed by atoms with E-state index in [0.29, 0.717) is 10.6 Å². The van der Waals surface area contributed by atoms with E-state index in [-0.39, 0.29) is 11.9 Å². The van der Waals surface area contributed by atoms with Crippen molar-refractivity contribution in [3.05, 3.63) is 34.6 Å². The summed E-state index contributed by atoms with van der Waals surface area (Å²) in [5.74, 6) is -0.237. The zero-order chi connectivity index (χ0) is 9.97. The van der Waals surface area contributed by atoms with Gasteiger partial charge in [-0.2, -0.15) is 0 Å². The van der Waals surface area contributed by atoms with Gasteiger partial charge in [0.1, 0.15) is 5.82 Å². The van der Waals surface area contributed by atoms with Crippen molar-refractivity contribution in [2.45, 2.75) is 6.04 Å². The van der Waals surface area contributed by atoms with Crippen LogP contribution in [0.5, 0.6) is 0 Å². The van der Waals surface area contributed by atoms with Gasteiger partial charge in [0, 0.05) is 36.3 Å². The third-order valence-corrected chi connectivity index (χ3v) is 2.61. The molecule has 14 heavy (non-hydrogen) atoms. The second-order valence-electron chi connectivity index (χ2n) is 3.38.